The number of nitrogen functional groups attached to an aromatic ring is 1. The monoisotopic (exact) mass is 253 g/mol. The molecule has 0 radical (unpaired) electrons. The minimum absolute atomic E-state index is 0.690. The molecule has 1 fully saturated rings. The van der Waals surface area contributed by atoms with Crippen LogP contribution in [0.1, 0.15) is 38.8 Å². The number of rotatable bonds is 3. The fourth-order valence-electron chi connectivity index (χ4n) is 2.63. The Morgan fingerprint density at radius 3 is 2.94 bits per heavy atom. The molecule has 96 valence electrons. The van der Waals surface area contributed by atoms with Gasteiger partial charge in [-0.25, -0.2) is 4.98 Å². The topological polar surface area (TPSA) is 42.1 Å². The molecule has 0 amide bonds. The molecule has 1 aromatic rings. The number of thiazole rings is 1. The van der Waals surface area contributed by atoms with E-state index in [0.717, 1.165) is 24.1 Å². The summed E-state index contributed by atoms with van der Waals surface area (Å²) >= 11 is 1.54. The van der Waals surface area contributed by atoms with Crippen molar-refractivity contribution in [2.24, 2.45) is 11.8 Å². The van der Waals surface area contributed by atoms with Crippen molar-refractivity contribution in [3.8, 4) is 0 Å². The number of nitrogens with two attached hydrogens (primary N) is 1. The van der Waals surface area contributed by atoms with Crippen molar-refractivity contribution in [2.75, 3.05) is 18.8 Å². The first-order valence-electron chi connectivity index (χ1n) is 6.57. The van der Waals surface area contributed by atoms with E-state index in [1.54, 1.807) is 11.3 Å². The van der Waals surface area contributed by atoms with Gasteiger partial charge in [-0.15, -0.1) is 11.3 Å². The highest BCUT2D eigenvalue weighted by Crippen LogP contribution is 2.25. The van der Waals surface area contributed by atoms with Crippen molar-refractivity contribution in [1.29, 1.82) is 0 Å². The van der Waals surface area contributed by atoms with Gasteiger partial charge in [0, 0.05) is 11.9 Å². The lowest BCUT2D eigenvalue weighted by Gasteiger charge is -2.20. The van der Waals surface area contributed by atoms with Gasteiger partial charge >= 0.3 is 0 Å². The van der Waals surface area contributed by atoms with Crippen LogP contribution in [0.3, 0.4) is 0 Å². The minimum atomic E-state index is 0.690. The van der Waals surface area contributed by atoms with E-state index in [-0.39, 0.29) is 0 Å². The van der Waals surface area contributed by atoms with Gasteiger partial charge in [-0.2, -0.15) is 0 Å². The molecule has 0 bridgehead atoms. The Kier molecular flexibility index (Phi) is 4.40. The van der Waals surface area contributed by atoms with E-state index >= 15 is 0 Å². The van der Waals surface area contributed by atoms with Crippen LogP contribution >= 0.6 is 11.3 Å². The normalized spacial score (nSPS) is 22.9. The summed E-state index contributed by atoms with van der Waals surface area (Å²) in [5.74, 6) is 1.73. The van der Waals surface area contributed by atoms with Gasteiger partial charge in [0.1, 0.15) is 0 Å². The van der Waals surface area contributed by atoms with Gasteiger partial charge in [0.15, 0.2) is 5.13 Å². The van der Waals surface area contributed by atoms with Gasteiger partial charge in [-0.3, -0.25) is 4.90 Å². The molecule has 1 unspecified atom stereocenters. The summed E-state index contributed by atoms with van der Waals surface area (Å²) in [4.78, 5) is 6.87. The number of hydrogen-bond acceptors (Lipinski definition) is 4. The Morgan fingerprint density at radius 2 is 2.29 bits per heavy atom. The van der Waals surface area contributed by atoms with Gasteiger partial charge in [0.05, 0.1) is 5.69 Å². The third-order valence-corrected chi connectivity index (χ3v) is 4.49. The Labute approximate surface area is 108 Å². The van der Waals surface area contributed by atoms with Crippen LogP contribution in [0.2, 0.25) is 0 Å². The van der Waals surface area contributed by atoms with Crippen molar-refractivity contribution in [3.63, 3.8) is 0 Å². The standard InChI is InChI=1S/C13H23N3S/c1-10(2)11-4-3-6-16(7-5-11)8-12-9-17-13(14)15-12/h9-11H,3-8H2,1-2H3,(H2,14,15). The molecule has 0 saturated carbocycles. The number of hydrogen-bond donors (Lipinski definition) is 1. The molecule has 1 atom stereocenters. The molecular weight excluding hydrogens is 230 g/mol. The van der Waals surface area contributed by atoms with E-state index in [1.165, 1.54) is 32.4 Å². The maximum absolute atomic E-state index is 5.67. The maximum atomic E-state index is 5.67. The summed E-state index contributed by atoms with van der Waals surface area (Å²) < 4.78 is 0. The summed E-state index contributed by atoms with van der Waals surface area (Å²) in [5, 5.41) is 2.77. The molecule has 1 saturated heterocycles. The molecule has 1 aliphatic heterocycles. The summed E-state index contributed by atoms with van der Waals surface area (Å²) in [6, 6.07) is 0. The van der Waals surface area contributed by atoms with Gasteiger partial charge in [0.2, 0.25) is 0 Å². The highest BCUT2D eigenvalue weighted by Gasteiger charge is 2.19. The molecule has 17 heavy (non-hydrogen) atoms. The molecule has 2 heterocycles. The second-order valence-corrected chi connectivity index (χ2v) is 6.28. The minimum Gasteiger partial charge on any atom is -0.375 e. The SMILES string of the molecule is CC(C)C1CCCN(Cc2csc(N)n2)CC1. The summed E-state index contributed by atoms with van der Waals surface area (Å²) in [7, 11) is 0. The van der Waals surface area contributed by atoms with Crippen LogP contribution in [0, 0.1) is 11.8 Å². The number of anilines is 1. The van der Waals surface area contributed by atoms with E-state index in [0.29, 0.717) is 5.13 Å². The van der Waals surface area contributed by atoms with E-state index in [4.69, 9.17) is 5.73 Å². The molecule has 2 N–H and O–H groups in total. The summed E-state index contributed by atoms with van der Waals surface area (Å²) in [5.41, 5.74) is 6.80. The summed E-state index contributed by atoms with van der Waals surface area (Å²) in [6.45, 7) is 8.09. The second kappa shape index (κ2) is 5.83. The number of likely N-dealkylation sites (tertiary alicyclic amines) is 1. The predicted molar refractivity (Wildman–Crippen MR) is 74.0 cm³/mol. The lowest BCUT2D eigenvalue weighted by atomic mass is 9.89. The third-order valence-electron chi connectivity index (χ3n) is 3.76. The van der Waals surface area contributed by atoms with E-state index in [9.17, 15) is 0 Å². The first-order chi connectivity index (χ1) is 8.15. The summed E-state index contributed by atoms with van der Waals surface area (Å²) in [6.07, 6.45) is 4.03. The lowest BCUT2D eigenvalue weighted by Crippen LogP contribution is -2.24. The van der Waals surface area contributed by atoms with Crippen LogP contribution in [0.25, 0.3) is 0 Å². The Hall–Kier alpha value is -0.610. The first kappa shape index (κ1) is 12.8. The van der Waals surface area contributed by atoms with E-state index in [1.807, 2.05) is 0 Å². The fraction of sp³-hybridized carbons (Fsp3) is 0.769. The maximum Gasteiger partial charge on any atom is 0.180 e. The molecule has 2 rings (SSSR count). The molecule has 4 heteroatoms. The Bertz CT molecular complexity index is 348. The smallest absolute Gasteiger partial charge is 0.180 e. The molecule has 0 aromatic carbocycles. The Balaban J connectivity index is 1.86. The van der Waals surface area contributed by atoms with E-state index in [2.05, 4.69) is 29.1 Å². The van der Waals surface area contributed by atoms with Gasteiger partial charge in [-0.1, -0.05) is 13.8 Å². The lowest BCUT2D eigenvalue weighted by molar-refractivity contribution is 0.262. The van der Waals surface area contributed by atoms with Crippen molar-refractivity contribution < 1.29 is 0 Å². The zero-order valence-corrected chi connectivity index (χ0v) is 11.7. The molecule has 0 aliphatic carbocycles. The van der Waals surface area contributed by atoms with Crippen molar-refractivity contribution in [1.82, 2.24) is 9.88 Å². The van der Waals surface area contributed by atoms with Gasteiger partial charge < -0.3 is 5.73 Å². The zero-order valence-electron chi connectivity index (χ0n) is 10.9. The molecule has 3 nitrogen and oxygen atoms in total. The van der Waals surface area contributed by atoms with Crippen LogP contribution in [-0.2, 0) is 6.54 Å². The Morgan fingerprint density at radius 1 is 1.47 bits per heavy atom. The first-order valence-corrected chi connectivity index (χ1v) is 7.45. The van der Waals surface area contributed by atoms with Crippen molar-refractivity contribution >= 4 is 16.5 Å². The van der Waals surface area contributed by atoms with Crippen molar-refractivity contribution in [2.45, 2.75) is 39.7 Å². The molecule has 1 aromatic heterocycles. The van der Waals surface area contributed by atoms with E-state index < -0.39 is 0 Å². The predicted octanol–water partition coefficient (Wildman–Crippen LogP) is 2.98. The molecular formula is C13H23N3S. The largest absolute Gasteiger partial charge is 0.375 e. The molecule has 0 spiro atoms. The number of aromatic nitrogens is 1. The molecule has 1 aliphatic rings. The fourth-order valence-corrected chi connectivity index (χ4v) is 3.18. The van der Waals surface area contributed by atoms with Crippen LogP contribution in [0.5, 0.6) is 0 Å². The van der Waals surface area contributed by atoms with Crippen LogP contribution in [0.15, 0.2) is 5.38 Å². The quantitative estimate of drug-likeness (QED) is 0.900. The van der Waals surface area contributed by atoms with Crippen molar-refractivity contribution in [3.05, 3.63) is 11.1 Å². The third kappa shape index (κ3) is 3.68. The average molecular weight is 253 g/mol. The number of nitrogens with zero attached hydrogens (tertiary/aromatic N) is 2. The van der Waals surface area contributed by atoms with Crippen LogP contribution in [0.4, 0.5) is 5.13 Å². The second-order valence-electron chi connectivity index (χ2n) is 5.39. The van der Waals surface area contributed by atoms with Crippen LogP contribution < -0.4 is 5.73 Å². The zero-order chi connectivity index (χ0) is 12.3. The van der Waals surface area contributed by atoms with Gasteiger partial charge in [0.25, 0.3) is 0 Å². The highest BCUT2D eigenvalue weighted by molar-refractivity contribution is 7.13. The van der Waals surface area contributed by atoms with Crippen LogP contribution in [-0.4, -0.2) is 23.0 Å². The van der Waals surface area contributed by atoms with Gasteiger partial charge in [-0.05, 0) is 44.2 Å². The highest BCUT2D eigenvalue weighted by atomic mass is 32.1. The average Bonchev–Trinajstić information content (AvgIpc) is 2.54.